The van der Waals surface area contributed by atoms with Crippen LogP contribution in [0.25, 0.3) is 17.2 Å². The lowest BCUT2D eigenvalue weighted by Gasteiger charge is -2.26. The molecule has 1 saturated heterocycles. The summed E-state index contributed by atoms with van der Waals surface area (Å²) in [5, 5.41) is 30.9. The average Bonchev–Trinajstić information content (AvgIpc) is 3.60. The van der Waals surface area contributed by atoms with Gasteiger partial charge >= 0.3 is 5.97 Å². The summed E-state index contributed by atoms with van der Waals surface area (Å²) in [5.74, 6) is -0.319. The monoisotopic (exact) mass is 598 g/mol. The third-order valence-corrected chi connectivity index (χ3v) is 7.43. The Morgan fingerprint density at radius 2 is 1.91 bits per heavy atom. The number of imidazole rings is 1. The number of aliphatic hydroxyl groups excluding tert-OH is 2. The molecule has 0 saturated carbocycles. The molecular formula is C31H34N8O5. The standard InChI is InChI=1S/C31H34N8O5/c32-15-21-10-8-20(9-11-21)7-4-13-38(14-12-23(33)31(42)43-17-22-5-2-1-3-6-22)16-24-26(40)27(41)30(44-24)39-19-37-25-28(34)35-18-36-29(25)39/h1-11,18-19,23-24,26-27,30,40-41H,12-14,16-17,33H2,(H2,34,35,36)/b7-4+/t23?,24-,26-,27-,30-/m1/s1. The summed E-state index contributed by atoms with van der Waals surface area (Å²) in [6, 6.07) is 17.7. The number of anilines is 1. The van der Waals surface area contributed by atoms with Gasteiger partial charge in [0.2, 0.25) is 0 Å². The quantitative estimate of drug-likeness (QED) is 0.171. The number of hydrogen-bond donors (Lipinski definition) is 4. The molecule has 1 aliphatic heterocycles. The van der Waals surface area contributed by atoms with Crippen LogP contribution >= 0.6 is 0 Å². The minimum absolute atomic E-state index is 0.130. The second-order valence-corrected chi connectivity index (χ2v) is 10.5. The molecule has 228 valence electrons. The Kier molecular flexibility index (Phi) is 9.90. The van der Waals surface area contributed by atoms with Crippen LogP contribution in [-0.4, -0.2) is 84.6 Å². The highest BCUT2D eigenvalue weighted by molar-refractivity contribution is 5.81. The van der Waals surface area contributed by atoms with Crippen molar-refractivity contribution in [2.45, 2.75) is 43.6 Å². The number of carbonyl (C=O) groups is 1. The van der Waals surface area contributed by atoms with Crippen LogP contribution in [0.1, 0.15) is 29.3 Å². The number of hydrogen-bond acceptors (Lipinski definition) is 12. The number of ether oxygens (including phenoxy) is 2. The number of aliphatic hydroxyl groups is 2. The number of rotatable bonds is 12. The Labute approximate surface area is 254 Å². The van der Waals surface area contributed by atoms with Crippen LogP contribution in [0.3, 0.4) is 0 Å². The largest absolute Gasteiger partial charge is 0.460 e. The molecule has 44 heavy (non-hydrogen) atoms. The highest BCUT2D eigenvalue weighted by Gasteiger charge is 2.44. The molecule has 5 rings (SSSR count). The first-order chi connectivity index (χ1) is 21.3. The topological polar surface area (TPSA) is 199 Å². The highest BCUT2D eigenvalue weighted by atomic mass is 16.6. The molecule has 13 heteroatoms. The number of esters is 1. The lowest BCUT2D eigenvalue weighted by atomic mass is 10.1. The number of nitrogen functional groups attached to an aromatic ring is 1. The Morgan fingerprint density at radius 1 is 1.14 bits per heavy atom. The second-order valence-electron chi connectivity index (χ2n) is 10.5. The first-order valence-corrected chi connectivity index (χ1v) is 14.1. The highest BCUT2D eigenvalue weighted by Crippen LogP contribution is 2.32. The maximum absolute atomic E-state index is 12.6. The molecule has 2 aromatic heterocycles. The number of nitrogens with two attached hydrogens (primary N) is 2. The van der Waals surface area contributed by atoms with E-state index in [0.717, 1.165) is 11.1 Å². The van der Waals surface area contributed by atoms with Gasteiger partial charge in [0.25, 0.3) is 0 Å². The molecule has 5 atom stereocenters. The zero-order chi connectivity index (χ0) is 31.1. The number of nitrogens with zero attached hydrogens (tertiary/aromatic N) is 6. The SMILES string of the molecule is N#Cc1ccc(/C=C/CN(CCC(N)C(=O)OCc2ccccc2)C[C@H]2O[C@@H](n3cnc4c(N)ncnc43)[C@H](O)[C@@H]2O)cc1. The summed E-state index contributed by atoms with van der Waals surface area (Å²) in [7, 11) is 0. The van der Waals surface area contributed by atoms with E-state index < -0.39 is 36.6 Å². The number of fused-ring (bicyclic) bond motifs is 1. The number of aromatic nitrogens is 4. The van der Waals surface area contributed by atoms with Crippen LogP contribution in [0.2, 0.25) is 0 Å². The molecule has 0 aliphatic carbocycles. The second kappa shape index (κ2) is 14.2. The predicted molar refractivity (Wildman–Crippen MR) is 161 cm³/mol. The van der Waals surface area contributed by atoms with Crippen molar-refractivity contribution < 1.29 is 24.5 Å². The van der Waals surface area contributed by atoms with Gasteiger partial charge in [0.05, 0.1) is 18.0 Å². The van der Waals surface area contributed by atoms with Crippen molar-refractivity contribution in [1.29, 1.82) is 5.26 Å². The van der Waals surface area contributed by atoms with Gasteiger partial charge in [-0.15, -0.1) is 0 Å². The molecular weight excluding hydrogens is 564 g/mol. The molecule has 1 unspecified atom stereocenters. The minimum Gasteiger partial charge on any atom is -0.460 e. The van der Waals surface area contributed by atoms with E-state index >= 15 is 0 Å². The zero-order valence-electron chi connectivity index (χ0n) is 23.9. The van der Waals surface area contributed by atoms with E-state index in [0.29, 0.717) is 29.8 Å². The molecule has 0 bridgehead atoms. The molecule has 0 amide bonds. The lowest BCUT2D eigenvalue weighted by Crippen LogP contribution is -2.42. The molecule has 0 spiro atoms. The molecule has 6 N–H and O–H groups in total. The van der Waals surface area contributed by atoms with Crippen molar-refractivity contribution in [3.63, 3.8) is 0 Å². The molecule has 13 nitrogen and oxygen atoms in total. The fourth-order valence-electron chi connectivity index (χ4n) is 4.96. The van der Waals surface area contributed by atoms with Gasteiger partial charge in [-0.2, -0.15) is 5.26 Å². The first-order valence-electron chi connectivity index (χ1n) is 14.1. The van der Waals surface area contributed by atoms with Gasteiger partial charge in [-0.25, -0.2) is 15.0 Å². The van der Waals surface area contributed by atoms with Gasteiger partial charge in [-0.3, -0.25) is 14.3 Å². The van der Waals surface area contributed by atoms with E-state index in [4.69, 9.17) is 26.2 Å². The first kappa shape index (κ1) is 30.7. The van der Waals surface area contributed by atoms with Crippen molar-refractivity contribution in [2.24, 2.45) is 5.73 Å². The van der Waals surface area contributed by atoms with Gasteiger partial charge in [-0.1, -0.05) is 54.6 Å². The van der Waals surface area contributed by atoms with Gasteiger partial charge < -0.3 is 31.2 Å². The van der Waals surface area contributed by atoms with Crippen molar-refractivity contribution in [3.05, 3.63) is 90.0 Å². The third-order valence-electron chi connectivity index (χ3n) is 7.43. The van der Waals surface area contributed by atoms with Crippen LogP contribution in [0, 0.1) is 11.3 Å². The summed E-state index contributed by atoms with van der Waals surface area (Å²) in [6.07, 6.45) is 2.64. The maximum atomic E-state index is 12.6. The van der Waals surface area contributed by atoms with Crippen molar-refractivity contribution >= 4 is 29.0 Å². The van der Waals surface area contributed by atoms with E-state index in [1.807, 2.05) is 59.5 Å². The van der Waals surface area contributed by atoms with Crippen LogP contribution in [0.5, 0.6) is 0 Å². The van der Waals surface area contributed by atoms with Crippen LogP contribution in [0.4, 0.5) is 5.82 Å². The summed E-state index contributed by atoms with van der Waals surface area (Å²) in [5.41, 5.74) is 15.2. The maximum Gasteiger partial charge on any atom is 0.323 e. The Hall–Kier alpha value is -4.71. The van der Waals surface area contributed by atoms with Crippen molar-refractivity contribution in [3.8, 4) is 6.07 Å². The van der Waals surface area contributed by atoms with Crippen molar-refractivity contribution in [2.75, 3.05) is 25.4 Å². The van der Waals surface area contributed by atoms with E-state index in [-0.39, 0.29) is 25.4 Å². The normalized spacial score (nSPS) is 20.7. The van der Waals surface area contributed by atoms with E-state index in [1.165, 1.54) is 17.2 Å². The summed E-state index contributed by atoms with van der Waals surface area (Å²) >= 11 is 0. The third kappa shape index (κ3) is 7.25. The molecule has 4 aromatic rings. The van der Waals surface area contributed by atoms with Crippen LogP contribution < -0.4 is 11.5 Å². The number of carbonyl (C=O) groups excluding carboxylic acids is 1. The summed E-state index contributed by atoms with van der Waals surface area (Å²) in [4.78, 5) is 27.0. The molecule has 1 aliphatic rings. The summed E-state index contributed by atoms with van der Waals surface area (Å²) < 4.78 is 13.1. The number of benzene rings is 2. The molecule has 2 aromatic carbocycles. The smallest absolute Gasteiger partial charge is 0.323 e. The van der Waals surface area contributed by atoms with Crippen LogP contribution in [0.15, 0.2) is 73.3 Å². The van der Waals surface area contributed by atoms with Crippen molar-refractivity contribution in [1.82, 2.24) is 24.4 Å². The average molecular weight is 599 g/mol. The fraction of sp³-hybridized carbons (Fsp3) is 0.323. The molecule has 0 radical (unpaired) electrons. The Morgan fingerprint density at radius 3 is 2.66 bits per heavy atom. The van der Waals surface area contributed by atoms with Gasteiger partial charge in [0.15, 0.2) is 17.7 Å². The van der Waals surface area contributed by atoms with E-state index in [1.54, 1.807) is 12.1 Å². The van der Waals surface area contributed by atoms with Gasteiger partial charge in [0, 0.05) is 19.6 Å². The minimum atomic E-state index is -1.26. The number of nitriles is 1. The summed E-state index contributed by atoms with van der Waals surface area (Å²) in [6.45, 7) is 1.16. The molecule has 3 heterocycles. The van der Waals surface area contributed by atoms with Crippen LogP contribution in [-0.2, 0) is 20.9 Å². The Balaban J connectivity index is 1.25. The van der Waals surface area contributed by atoms with E-state index in [9.17, 15) is 15.0 Å². The Bertz CT molecular complexity index is 1620. The lowest BCUT2D eigenvalue weighted by molar-refractivity contribution is -0.146. The predicted octanol–water partition coefficient (Wildman–Crippen LogP) is 1.38. The van der Waals surface area contributed by atoms with E-state index in [2.05, 4.69) is 21.0 Å². The van der Waals surface area contributed by atoms with Gasteiger partial charge in [0.1, 0.15) is 42.8 Å². The molecule has 1 fully saturated rings. The zero-order valence-corrected chi connectivity index (χ0v) is 23.9. The van der Waals surface area contributed by atoms with Gasteiger partial charge in [-0.05, 0) is 29.7 Å². The fourth-order valence-corrected chi connectivity index (χ4v) is 4.96.